The van der Waals surface area contributed by atoms with Crippen LogP contribution in [-0.4, -0.2) is 23.2 Å². The number of benzene rings is 1. The normalized spacial score (nSPS) is 15.7. The highest BCUT2D eigenvalue weighted by Crippen LogP contribution is 2.31. The van der Waals surface area contributed by atoms with Gasteiger partial charge in [0.05, 0.1) is 0 Å². The highest BCUT2D eigenvalue weighted by Gasteiger charge is 2.12. The number of H-pyrrole nitrogens is 1. The standard InChI is InChI=1S/C13H15N3S/c1-9-12(17-13-14-7-4-8-15-13)10-5-2-3-6-11(10)16-9/h2-3,5-6,16H,4,7-8H2,1H3,(H,14,15). The summed E-state index contributed by atoms with van der Waals surface area (Å²) in [6.07, 6.45) is 1.14. The number of nitrogens with one attached hydrogen (secondary N) is 2. The van der Waals surface area contributed by atoms with Crippen LogP contribution in [-0.2, 0) is 0 Å². The van der Waals surface area contributed by atoms with Gasteiger partial charge in [0.1, 0.15) is 0 Å². The number of hydrogen-bond acceptors (Lipinski definition) is 3. The van der Waals surface area contributed by atoms with Crippen molar-refractivity contribution in [1.82, 2.24) is 10.3 Å². The van der Waals surface area contributed by atoms with Crippen LogP contribution in [0, 0.1) is 6.92 Å². The van der Waals surface area contributed by atoms with Gasteiger partial charge in [-0.25, -0.2) is 0 Å². The van der Waals surface area contributed by atoms with E-state index < -0.39 is 0 Å². The molecule has 2 N–H and O–H groups in total. The van der Waals surface area contributed by atoms with Crippen LogP contribution in [0.4, 0.5) is 0 Å². The van der Waals surface area contributed by atoms with Crippen LogP contribution >= 0.6 is 11.8 Å². The van der Waals surface area contributed by atoms with E-state index in [9.17, 15) is 0 Å². The Morgan fingerprint density at radius 1 is 1.29 bits per heavy atom. The molecule has 0 spiro atoms. The molecule has 1 aliphatic heterocycles. The number of aryl methyl sites for hydroxylation is 1. The van der Waals surface area contributed by atoms with E-state index in [-0.39, 0.29) is 0 Å². The molecule has 1 aromatic carbocycles. The van der Waals surface area contributed by atoms with Crippen molar-refractivity contribution < 1.29 is 0 Å². The summed E-state index contributed by atoms with van der Waals surface area (Å²) in [4.78, 5) is 9.21. The highest BCUT2D eigenvalue weighted by molar-refractivity contribution is 8.14. The number of rotatable bonds is 1. The number of para-hydroxylation sites is 1. The zero-order valence-corrected chi connectivity index (χ0v) is 10.6. The molecule has 0 amide bonds. The molecule has 0 atom stereocenters. The van der Waals surface area contributed by atoms with Crippen molar-refractivity contribution in [3.63, 3.8) is 0 Å². The van der Waals surface area contributed by atoms with Crippen LogP contribution in [0.3, 0.4) is 0 Å². The van der Waals surface area contributed by atoms with Gasteiger partial charge in [-0.1, -0.05) is 30.0 Å². The minimum atomic E-state index is 0.941. The molecule has 2 aromatic rings. The predicted molar refractivity (Wildman–Crippen MR) is 73.8 cm³/mol. The first-order chi connectivity index (χ1) is 8.34. The second kappa shape index (κ2) is 4.45. The Bertz CT molecular complexity index is 571. The lowest BCUT2D eigenvalue weighted by Gasteiger charge is -2.13. The first-order valence-electron chi connectivity index (χ1n) is 5.88. The Morgan fingerprint density at radius 2 is 2.18 bits per heavy atom. The number of nitrogens with zero attached hydrogens (tertiary/aromatic N) is 1. The van der Waals surface area contributed by atoms with E-state index in [1.807, 2.05) is 0 Å². The summed E-state index contributed by atoms with van der Waals surface area (Å²) in [5.41, 5.74) is 2.41. The van der Waals surface area contributed by atoms with Gasteiger partial charge >= 0.3 is 0 Å². The summed E-state index contributed by atoms with van der Waals surface area (Å²) in [5.74, 6) is 0. The van der Waals surface area contributed by atoms with E-state index in [2.05, 4.69) is 46.5 Å². The van der Waals surface area contributed by atoms with Crippen LogP contribution in [0.2, 0.25) is 0 Å². The largest absolute Gasteiger partial charge is 0.365 e. The van der Waals surface area contributed by atoms with Gasteiger partial charge in [0, 0.05) is 34.6 Å². The maximum absolute atomic E-state index is 4.51. The molecule has 4 heteroatoms. The quantitative estimate of drug-likeness (QED) is 0.811. The molecule has 0 saturated carbocycles. The van der Waals surface area contributed by atoms with Crippen LogP contribution < -0.4 is 5.32 Å². The smallest absolute Gasteiger partial charge is 0.161 e. The third-order valence-corrected chi connectivity index (χ3v) is 4.10. The monoisotopic (exact) mass is 245 g/mol. The lowest BCUT2D eigenvalue weighted by molar-refractivity contribution is 0.751. The third kappa shape index (κ3) is 2.05. The van der Waals surface area contributed by atoms with Crippen LogP contribution in [0.1, 0.15) is 12.1 Å². The van der Waals surface area contributed by atoms with Crippen molar-refractivity contribution in [3.05, 3.63) is 30.0 Å². The molecule has 0 saturated heterocycles. The summed E-state index contributed by atoms with van der Waals surface area (Å²) < 4.78 is 0. The maximum atomic E-state index is 4.51. The zero-order chi connectivity index (χ0) is 11.7. The molecule has 0 fully saturated rings. The van der Waals surface area contributed by atoms with Gasteiger partial charge in [0.25, 0.3) is 0 Å². The van der Waals surface area contributed by atoms with E-state index in [0.717, 1.165) is 24.7 Å². The Balaban J connectivity index is 1.99. The molecule has 2 heterocycles. The fourth-order valence-corrected chi connectivity index (χ4v) is 3.07. The van der Waals surface area contributed by atoms with Gasteiger partial charge in [-0.15, -0.1) is 0 Å². The van der Waals surface area contributed by atoms with E-state index >= 15 is 0 Å². The number of hydrogen-bond donors (Lipinski definition) is 2. The summed E-state index contributed by atoms with van der Waals surface area (Å²) in [6.45, 7) is 4.09. The van der Waals surface area contributed by atoms with E-state index in [4.69, 9.17) is 0 Å². The molecule has 0 aliphatic carbocycles. The highest BCUT2D eigenvalue weighted by atomic mass is 32.2. The predicted octanol–water partition coefficient (Wildman–Crippen LogP) is 2.92. The molecular weight excluding hydrogens is 230 g/mol. The molecular formula is C13H15N3S. The Morgan fingerprint density at radius 3 is 3.00 bits per heavy atom. The van der Waals surface area contributed by atoms with Crippen molar-refractivity contribution in [2.24, 2.45) is 4.99 Å². The van der Waals surface area contributed by atoms with Crippen molar-refractivity contribution >= 4 is 27.8 Å². The molecule has 17 heavy (non-hydrogen) atoms. The zero-order valence-electron chi connectivity index (χ0n) is 9.79. The number of aromatic amines is 1. The van der Waals surface area contributed by atoms with Crippen LogP contribution in [0.15, 0.2) is 34.2 Å². The van der Waals surface area contributed by atoms with E-state index in [0.29, 0.717) is 0 Å². The van der Waals surface area contributed by atoms with Crippen molar-refractivity contribution in [2.45, 2.75) is 18.2 Å². The molecule has 1 aliphatic rings. The van der Waals surface area contributed by atoms with Gasteiger partial charge in [0.2, 0.25) is 0 Å². The molecule has 0 unspecified atom stereocenters. The van der Waals surface area contributed by atoms with Gasteiger partial charge < -0.3 is 10.3 Å². The van der Waals surface area contributed by atoms with Crippen LogP contribution in [0.5, 0.6) is 0 Å². The maximum Gasteiger partial charge on any atom is 0.161 e. The first-order valence-corrected chi connectivity index (χ1v) is 6.70. The fraction of sp³-hybridized carbons (Fsp3) is 0.308. The molecule has 88 valence electrons. The topological polar surface area (TPSA) is 40.2 Å². The Kier molecular flexibility index (Phi) is 2.81. The Hall–Kier alpha value is -1.42. The second-order valence-electron chi connectivity index (χ2n) is 4.19. The van der Waals surface area contributed by atoms with Gasteiger partial charge in [-0.3, -0.25) is 4.99 Å². The number of aromatic nitrogens is 1. The number of aliphatic imine (C=N–C) groups is 1. The summed E-state index contributed by atoms with van der Waals surface area (Å²) in [6, 6.07) is 8.41. The van der Waals surface area contributed by atoms with Crippen molar-refractivity contribution in [1.29, 1.82) is 0 Å². The summed E-state index contributed by atoms with van der Waals surface area (Å²) in [7, 11) is 0. The third-order valence-electron chi connectivity index (χ3n) is 2.90. The van der Waals surface area contributed by atoms with E-state index in [1.165, 1.54) is 21.5 Å². The number of fused-ring (bicyclic) bond motifs is 1. The molecule has 1 aromatic heterocycles. The van der Waals surface area contributed by atoms with Gasteiger partial charge in [-0.05, 0) is 19.4 Å². The number of amidine groups is 1. The summed E-state index contributed by atoms with van der Waals surface area (Å²) in [5, 5.41) is 5.68. The number of thioether (sulfide) groups is 1. The van der Waals surface area contributed by atoms with Crippen molar-refractivity contribution in [3.8, 4) is 0 Å². The summed E-state index contributed by atoms with van der Waals surface area (Å²) >= 11 is 1.73. The molecule has 0 bridgehead atoms. The Labute approximate surface area is 105 Å². The average Bonchev–Trinajstić information content (AvgIpc) is 2.68. The molecule has 0 radical (unpaired) electrons. The lowest BCUT2D eigenvalue weighted by Crippen LogP contribution is -2.26. The van der Waals surface area contributed by atoms with E-state index in [1.54, 1.807) is 11.8 Å². The lowest BCUT2D eigenvalue weighted by atomic mass is 10.2. The molecule has 3 nitrogen and oxygen atoms in total. The first kappa shape index (κ1) is 10.7. The minimum Gasteiger partial charge on any atom is -0.365 e. The average molecular weight is 245 g/mol. The second-order valence-corrected chi connectivity index (χ2v) is 5.19. The van der Waals surface area contributed by atoms with Crippen LogP contribution in [0.25, 0.3) is 10.9 Å². The van der Waals surface area contributed by atoms with Gasteiger partial charge in [-0.2, -0.15) is 0 Å². The van der Waals surface area contributed by atoms with Gasteiger partial charge in [0.15, 0.2) is 5.17 Å². The molecule has 3 rings (SSSR count). The van der Waals surface area contributed by atoms with Crippen molar-refractivity contribution in [2.75, 3.05) is 13.1 Å². The fourth-order valence-electron chi connectivity index (χ4n) is 2.06. The SMILES string of the molecule is Cc1[nH]c2ccccc2c1SC1=NCCCN1. The minimum absolute atomic E-state index is 0.941.